The van der Waals surface area contributed by atoms with Crippen LogP contribution in [0.5, 0.6) is 0 Å². The quantitative estimate of drug-likeness (QED) is 0.399. The van der Waals surface area contributed by atoms with Crippen molar-refractivity contribution in [2.75, 3.05) is 0 Å². The summed E-state index contributed by atoms with van der Waals surface area (Å²) in [5.41, 5.74) is 0.552. The van der Waals surface area contributed by atoms with Crippen LogP contribution in [0.2, 0.25) is 0 Å². The van der Waals surface area contributed by atoms with Gasteiger partial charge in [-0.1, -0.05) is 12.1 Å². The number of thioether (sulfide) groups is 1. The maximum Gasteiger partial charge on any atom is 0.342 e. The molecule has 1 aromatic carbocycles. The Morgan fingerprint density at radius 1 is 1.50 bits per heavy atom. The number of aliphatic hydroxyl groups is 1. The second-order valence-corrected chi connectivity index (χ2v) is 4.81. The number of nitro groups is 1. The minimum atomic E-state index is -1.06. The second-order valence-electron chi connectivity index (χ2n) is 3.96. The van der Waals surface area contributed by atoms with Crippen molar-refractivity contribution < 1.29 is 10.0 Å². The summed E-state index contributed by atoms with van der Waals surface area (Å²) in [6.45, 7) is 0. The highest BCUT2D eigenvalue weighted by molar-refractivity contribution is 8.03. The average molecular weight is 290 g/mol. The maximum absolute atomic E-state index is 10.7. The maximum atomic E-state index is 10.7. The summed E-state index contributed by atoms with van der Waals surface area (Å²) < 4.78 is 1.24. The van der Waals surface area contributed by atoms with Gasteiger partial charge < -0.3 is 15.2 Å². The van der Waals surface area contributed by atoms with E-state index in [2.05, 4.69) is 4.98 Å². The molecule has 0 fully saturated rings. The van der Waals surface area contributed by atoms with Crippen molar-refractivity contribution in [3.8, 4) is 5.40 Å². The number of aliphatic hydroxyl groups excluding tert-OH is 1. The number of nitrogens with zero attached hydrogens (tertiary/aromatic N) is 4. The van der Waals surface area contributed by atoms with Crippen LogP contribution in [0, 0.1) is 20.8 Å². The van der Waals surface area contributed by atoms with E-state index in [1.54, 1.807) is 24.3 Å². The van der Waals surface area contributed by atoms with E-state index in [-0.39, 0.29) is 11.6 Å². The largest absolute Gasteiger partial charge is 0.378 e. The van der Waals surface area contributed by atoms with Gasteiger partial charge in [0.05, 0.1) is 7.05 Å². The van der Waals surface area contributed by atoms with Gasteiger partial charge in [0, 0.05) is 4.90 Å². The van der Waals surface area contributed by atoms with E-state index >= 15 is 0 Å². The molecule has 1 atom stereocenters. The summed E-state index contributed by atoms with van der Waals surface area (Å²) in [5, 5.41) is 31.5. The summed E-state index contributed by atoms with van der Waals surface area (Å²) >= 11 is 1.02. The minimum Gasteiger partial charge on any atom is -0.378 e. The van der Waals surface area contributed by atoms with E-state index in [0.29, 0.717) is 5.56 Å². The van der Waals surface area contributed by atoms with Crippen molar-refractivity contribution in [1.82, 2.24) is 9.55 Å². The average Bonchev–Trinajstić information content (AvgIpc) is 2.81. The van der Waals surface area contributed by atoms with Gasteiger partial charge in [0.25, 0.3) is 0 Å². The molecule has 0 radical (unpaired) electrons. The van der Waals surface area contributed by atoms with E-state index < -0.39 is 11.0 Å². The normalized spacial score (nSPS) is 11.8. The Kier molecular flexibility index (Phi) is 4.02. The van der Waals surface area contributed by atoms with E-state index in [9.17, 15) is 15.2 Å². The first-order valence-electron chi connectivity index (χ1n) is 5.54. The monoisotopic (exact) mass is 290 g/mol. The minimum absolute atomic E-state index is 0.185. The molecule has 0 saturated heterocycles. The molecule has 0 amide bonds. The van der Waals surface area contributed by atoms with Crippen molar-refractivity contribution >= 4 is 17.6 Å². The number of thiocyanates is 1. The van der Waals surface area contributed by atoms with Gasteiger partial charge in [0.2, 0.25) is 5.82 Å². The Morgan fingerprint density at radius 3 is 2.65 bits per heavy atom. The SMILES string of the molecule is Cn1c([N+](=O)[O-])cnc1C(O)c1ccc(SC#N)cc1. The van der Waals surface area contributed by atoms with E-state index in [4.69, 9.17) is 5.26 Å². The summed E-state index contributed by atoms with van der Waals surface area (Å²) in [6, 6.07) is 6.71. The van der Waals surface area contributed by atoms with Crippen LogP contribution in [0.25, 0.3) is 0 Å². The molecule has 1 aromatic heterocycles. The molecule has 7 nitrogen and oxygen atoms in total. The molecule has 0 spiro atoms. The number of imidazole rings is 1. The fraction of sp³-hybridized carbons (Fsp3) is 0.167. The number of aromatic nitrogens is 2. The Bertz CT molecular complexity index is 675. The van der Waals surface area contributed by atoms with Crippen LogP contribution in [0.4, 0.5) is 5.82 Å². The highest BCUT2D eigenvalue weighted by Gasteiger charge is 2.24. The van der Waals surface area contributed by atoms with Gasteiger partial charge in [0.1, 0.15) is 11.6 Å². The Labute approximate surface area is 118 Å². The van der Waals surface area contributed by atoms with Crippen molar-refractivity contribution in [3.05, 3.63) is 52.0 Å². The third-order valence-corrected chi connectivity index (χ3v) is 3.39. The zero-order valence-electron chi connectivity index (χ0n) is 10.4. The topological polar surface area (TPSA) is 105 Å². The number of benzene rings is 1. The molecular formula is C12H10N4O3S. The van der Waals surface area contributed by atoms with Gasteiger partial charge in [-0.15, -0.1) is 0 Å². The van der Waals surface area contributed by atoms with Crippen LogP contribution in [-0.2, 0) is 7.05 Å². The molecule has 1 N–H and O–H groups in total. The third-order valence-electron chi connectivity index (χ3n) is 2.79. The molecule has 2 aromatic rings. The first-order chi connectivity index (χ1) is 9.54. The first kappa shape index (κ1) is 14.0. The number of nitriles is 1. The summed E-state index contributed by atoms with van der Waals surface area (Å²) in [4.78, 5) is 14.8. The van der Waals surface area contributed by atoms with Gasteiger partial charge in [-0.05, 0) is 34.4 Å². The van der Waals surface area contributed by atoms with Crippen LogP contribution < -0.4 is 0 Å². The number of hydrogen-bond acceptors (Lipinski definition) is 6. The van der Waals surface area contributed by atoms with Crippen LogP contribution in [0.1, 0.15) is 17.5 Å². The van der Waals surface area contributed by atoms with Gasteiger partial charge in [-0.25, -0.2) is 9.55 Å². The number of hydrogen-bond donors (Lipinski definition) is 1. The predicted octanol–water partition coefficient (Wildman–Crippen LogP) is 1.98. The first-order valence-corrected chi connectivity index (χ1v) is 6.36. The lowest BCUT2D eigenvalue weighted by atomic mass is 10.1. The molecule has 1 unspecified atom stereocenters. The molecule has 2 rings (SSSR count). The molecule has 0 aliphatic rings. The zero-order chi connectivity index (χ0) is 14.7. The van der Waals surface area contributed by atoms with Crippen molar-refractivity contribution in [1.29, 1.82) is 5.26 Å². The lowest BCUT2D eigenvalue weighted by molar-refractivity contribution is -0.391. The summed E-state index contributed by atoms with van der Waals surface area (Å²) in [7, 11) is 1.48. The van der Waals surface area contributed by atoms with Crippen molar-refractivity contribution in [2.45, 2.75) is 11.0 Å². The molecule has 8 heteroatoms. The Balaban J connectivity index is 2.29. The van der Waals surface area contributed by atoms with Gasteiger partial charge >= 0.3 is 5.82 Å². The van der Waals surface area contributed by atoms with Crippen LogP contribution in [0.3, 0.4) is 0 Å². The zero-order valence-corrected chi connectivity index (χ0v) is 11.2. The predicted molar refractivity (Wildman–Crippen MR) is 71.8 cm³/mol. The van der Waals surface area contributed by atoms with Gasteiger partial charge in [-0.3, -0.25) is 0 Å². The molecule has 0 saturated carbocycles. The van der Waals surface area contributed by atoms with E-state index in [1.807, 2.05) is 5.40 Å². The molecule has 0 aliphatic heterocycles. The fourth-order valence-corrected chi connectivity index (χ4v) is 2.14. The van der Waals surface area contributed by atoms with Crippen LogP contribution >= 0.6 is 11.8 Å². The summed E-state index contributed by atoms with van der Waals surface area (Å²) in [6.07, 6.45) is 0.0492. The smallest absolute Gasteiger partial charge is 0.342 e. The Morgan fingerprint density at radius 2 is 2.15 bits per heavy atom. The molecule has 0 bridgehead atoms. The number of rotatable bonds is 4. The van der Waals surface area contributed by atoms with Gasteiger partial charge in [0.15, 0.2) is 6.10 Å². The van der Waals surface area contributed by atoms with Crippen LogP contribution in [0.15, 0.2) is 35.4 Å². The lowest BCUT2D eigenvalue weighted by Gasteiger charge is -2.08. The molecule has 1 heterocycles. The van der Waals surface area contributed by atoms with Crippen molar-refractivity contribution in [2.24, 2.45) is 7.05 Å². The highest BCUT2D eigenvalue weighted by atomic mass is 32.2. The fourth-order valence-electron chi connectivity index (χ4n) is 1.76. The van der Waals surface area contributed by atoms with Gasteiger partial charge in [-0.2, -0.15) is 5.26 Å². The standard InChI is InChI=1S/C12H10N4O3S/c1-15-10(16(18)19)6-14-12(15)11(17)8-2-4-9(5-3-8)20-7-13/h2-6,11,17H,1H3. The molecular weight excluding hydrogens is 280 g/mol. The molecule has 0 aliphatic carbocycles. The molecule has 102 valence electrons. The highest BCUT2D eigenvalue weighted by Crippen LogP contribution is 2.25. The van der Waals surface area contributed by atoms with Crippen molar-refractivity contribution in [3.63, 3.8) is 0 Å². The Hall–Kier alpha value is -2.37. The lowest BCUT2D eigenvalue weighted by Crippen LogP contribution is -2.08. The van der Waals surface area contributed by atoms with E-state index in [0.717, 1.165) is 22.9 Å². The van der Waals surface area contributed by atoms with Crippen LogP contribution in [-0.4, -0.2) is 19.6 Å². The second kappa shape index (κ2) is 5.73. The summed E-state index contributed by atoms with van der Waals surface area (Å²) in [5.74, 6) is 0.00749. The third kappa shape index (κ3) is 2.64. The van der Waals surface area contributed by atoms with E-state index in [1.165, 1.54) is 11.6 Å². The molecule has 20 heavy (non-hydrogen) atoms.